The van der Waals surface area contributed by atoms with Gasteiger partial charge in [0.15, 0.2) is 0 Å². The summed E-state index contributed by atoms with van der Waals surface area (Å²) >= 11 is 0. The summed E-state index contributed by atoms with van der Waals surface area (Å²) in [6.07, 6.45) is 13.5. The highest BCUT2D eigenvalue weighted by Gasteiger charge is 2.01. The minimum absolute atomic E-state index is 0.407. The molecule has 4 nitrogen and oxygen atoms in total. The van der Waals surface area contributed by atoms with Crippen LogP contribution in [-0.2, 0) is 19.1 Å². The Morgan fingerprint density at radius 3 is 1.50 bits per heavy atom. The maximum Gasteiger partial charge on any atom is 0.331 e. The number of ether oxygens (including phenoxy) is 2. The summed E-state index contributed by atoms with van der Waals surface area (Å²) in [5, 5.41) is 0. The molecular weight excluding hydrogens is 280 g/mol. The molecular formula is C18H32O4. The SMILES string of the molecule is CCCCCCCCCOC(=O)/C=C/C(=O)OCCCCC. The molecule has 0 spiro atoms. The molecule has 4 heteroatoms. The normalized spacial score (nSPS) is 10.8. The minimum atomic E-state index is -0.482. The maximum atomic E-state index is 11.4. The third kappa shape index (κ3) is 15.1. The maximum absolute atomic E-state index is 11.4. The second kappa shape index (κ2) is 16.1. The first-order valence-corrected chi connectivity index (χ1v) is 8.72. The van der Waals surface area contributed by atoms with Crippen molar-refractivity contribution in [2.75, 3.05) is 13.2 Å². The van der Waals surface area contributed by atoms with Crippen LogP contribution in [0, 0.1) is 0 Å². The first-order valence-electron chi connectivity index (χ1n) is 8.72. The molecule has 0 bridgehead atoms. The molecule has 0 radical (unpaired) electrons. The number of rotatable bonds is 14. The summed E-state index contributed by atoms with van der Waals surface area (Å²) in [4.78, 5) is 22.7. The van der Waals surface area contributed by atoms with E-state index in [9.17, 15) is 9.59 Å². The summed E-state index contributed by atoms with van der Waals surface area (Å²) in [5.41, 5.74) is 0. The largest absolute Gasteiger partial charge is 0.463 e. The van der Waals surface area contributed by atoms with Crippen LogP contribution in [0.2, 0.25) is 0 Å². The van der Waals surface area contributed by atoms with Crippen molar-refractivity contribution in [3.63, 3.8) is 0 Å². The van der Waals surface area contributed by atoms with E-state index in [4.69, 9.17) is 9.47 Å². The van der Waals surface area contributed by atoms with Crippen LogP contribution in [0.1, 0.15) is 78.1 Å². The van der Waals surface area contributed by atoms with Crippen molar-refractivity contribution in [2.24, 2.45) is 0 Å². The van der Waals surface area contributed by atoms with Gasteiger partial charge in [-0.2, -0.15) is 0 Å². The monoisotopic (exact) mass is 312 g/mol. The summed E-state index contributed by atoms with van der Waals surface area (Å²) in [6, 6.07) is 0. The Hall–Kier alpha value is -1.32. The lowest BCUT2D eigenvalue weighted by Gasteiger charge is -2.03. The molecule has 0 heterocycles. The lowest BCUT2D eigenvalue weighted by Crippen LogP contribution is -2.06. The standard InChI is InChI=1S/C18H32O4/c1-3-5-7-8-9-10-12-16-22-18(20)14-13-17(19)21-15-11-6-4-2/h13-14H,3-12,15-16H2,1-2H3/b14-13+. The van der Waals surface area contributed by atoms with Gasteiger partial charge in [-0.05, 0) is 12.8 Å². The minimum Gasteiger partial charge on any atom is -0.463 e. The average Bonchev–Trinajstić information content (AvgIpc) is 2.52. The van der Waals surface area contributed by atoms with E-state index in [0.29, 0.717) is 13.2 Å². The third-order valence-electron chi connectivity index (χ3n) is 3.34. The number of carbonyl (C=O) groups is 2. The highest BCUT2D eigenvalue weighted by atomic mass is 16.5. The third-order valence-corrected chi connectivity index (χ3v) is 3.34. The van der Waals surface area contributed by atoms with Gasteiger partial charge in [0.1, 0.15) is 0 Å². The molecule has 0 aliphatic heterocycles. The molecule has 0 rings (SSSR count). The molecule has 0 aliphatic carbocycles. The van der Waals surface area contributed by atoms with Gasteiger partial charge in [-0.25, -0.2) is 9.59 Å². The molecule has 0 atom stereocenters. The Kier molecular flexibility index (Phi) is 15.1. The van der Waals surface area contributed by atoms with Crippen LogP contribution in [0.4, 0.5) is 0 Å². The highest BCUT2D eigenvalue weighted by molar-refractivity contribution is 5.91. The molecule has 0 aromatic carbocycles. The Morgan fingerprint density at radius 2 is 1.00 bits per heavy atom. The Labute approximate surface area is 135 Å². The van der Waals surface area contributed by atoms with E-state index >= 15 is 0 Å². The van der Waals surface area contributed by atoms with E-state index in [-0.39, 0.29) is 0 Å². The highest BCUT2D eigenvalue weighted by Crippen LogP contribution is 2.06. The van der Waals surface area contributed by atoms with Gasteiger partial charge in [0, 0.05) is 12.2 Å². The first kappa shape index (κ1) is 20.7. The smallest absolute Gasteiger partial charge is 0.331 e. The Morgan fingerprint density at radius 1 is 0.636 bits per heavy atom. The number of esters is 2. The summed E-state index contributed by atoms with van der Waals surface area (Å²) < 4.78 is 9.98. The van der Waals surface area contributed by atoms with Crippen molar-refractivity contribution in [3.8, 4) is 0 Å². The van der Waals surface area contributed by atoms with Crippen molar-refractivity contribution in [2.45, 2.75) is 78.1 Å². The molecule has 0 amide bonds. The molecule has 0 unspecified atom stereocenters. The van der Waals surface area contributed by atoms with Crippen LogP contribution in [0.5, 0.6) is 0 Å². The van der Waals surface area contributed by atoms with Crippen molar-refractivity contribution >= 4 is 11.9 Å². The predicted octanol–water partition coefficient (Wildman–Crippen LogP) is 4.57. The van der Waals surface area contributed by atoms with Crippen LogP contribution in [-0.4, -0.2) is 25.2 Å². The Bertz CT molecular complexity index is 310. The molecule has 0 saturated heterocycles. The Balaban J connectivity index is 3.47. The van der Waals surface area contributed by atoms with E-state index in [1.807, 2.05) is 0 Å². The fraction of sp³-hybridized carbons (Fsp3) is 0.778. The van der Waals surface area contributed by atoms with Crippen LogP contribution >= 0.6 is 0 Å². The van der Waals surface area contributed by atoms with Gasteiger partial charge in [-0.1, -0.05) is 65.2 Å². The van der Waals surface area contributed by atoms with Gasteiger partial charge in [-0.15, -0.1) is 0 Å². The molecule has 0 aromatic heterocycles. The van der Waals surface area contributed by atoms with E-state index in [2.05, 4.69) is 13.8 Å². The van der Waals surface area contributed by atoms with Crippen molar-refractivity contribution in [1.82, 2.24) is 0 Å². The summed E-state index contributed by atoms with van der Waals surface area (Å²) in [5.74, 6) is -0.958. The molecule has 0 saturated carbocycles. The van der Waals surface area contributed by atoms with Gasteiger partial charge in [-0.3, -0.25) is 0 Å². The van der Waals surface area contributed by atoms with Crippen LogP contribution in [0.3, 0.4) is 0 Å². The van der Waals surface area contributed by atoms with Crippen LogP contribution < -0.4 is 0 Å². The summed E-state index contributed by atoms with van der Waals surface area (Å²) in [7, 11) is 0. The van der Waals surface area contributed by atoms with Crippen molar-refractivity contribution in [1.29, 1.82) is 0 Å². The lowest BCUT2D eigenvalue weighted by atomic mass is 10.1. The van der Waals surface area contributed by atoms with Crippen molar-refractivity contribution in [3.05, 3.63) is 12.2 Å². The van der Waals surface area contributed by atoms with E-state index in [1.165, 1.54) is 32.1 Å². The number of hydrogen-bond donors (Lipinski definition) is 0. The molecule has 128 valence electrons. The molecule has 0 aliphatic rings. The first-order chi connectivity index (χ1) is 10.7. The number of hydrogen-bond acceptors (Lipinski definition) is 4. The zero-order chi connectivity index (χ0) is 16.5. The van der Waals surface area contributed by atoms with E-state index in [1.54, 1.807) is 0 Å². The fourth-order valence-corrected chi connectivity index (χ4v) is 1.99. The zero-order valence-electron chi connectivity index (χ0n) is 14.3. The molecule has 0 N–H and O–H groups in total. The fourth-order valence-electron chi connectivity index (χ4n) is 1.99. The molecule has 0 fully saturated rings. The predicted molar refractivity (Wildman–Crippen MR) is 88.6 cm³/mol. The number of carbonyl (C=O) groups excluding carboxylic acids is 2. The van der Waals surface area contributed by atoms with Gasteiger partial charge >= 0.3 is 11.9 Å². The second-order valence-electron chi connectivity index (χ2n) is 5.50. The topological polar surface area (TPSA) is 52.6 Å². The van der Waals surface area contributed by atoms with Gasteiger partial charge < -0.3 is 9.47 Å². The molecule has 0 aromatic rings. The van der Waals surface area contributed by atoms with Gasteiger partial charge in [0.05, 0.1) is 13.2 Å². The average molecular weight is 312 g/mol. The quantitative estimate of drug-likeness (QED) is 0.268. The zero-order valence-corrected chi connectivity index (χ0v) is 14.3. The van der Waals surface area contributed by atoms with E-state index in [0.717, 1.165) is 44.3 Å². The van der Waals surface area contributed by atoms with Crippen LogP contribution in [0.15, 0.2) is 12.2 Å². The van der Waals surface area contributed by atoms with E-state index < -0.39 is 11.9 Å². The van der Waals surface area contributed by atoms with Gasteiger partial charge in [0.2, 0.25) is 0 Å². The lowest BCUT2D eigenvalue weighted by molar-refractivity contribution is -0.140. The molecule has 22 heavy (non-hydrogen) atoms. The van der Waals surface area contributed by atoms with Crippen LogP contribution in [0.25, 0.3) is 0 Å². The van der Waals surface area contributed by atoms with Gasteiger partial charge in [0.25, 0.3) is 0 Å². The number of unbranched alkanes of at least 4 members (excludes halogenated alkanes) is 8. The van der Waals surface area contributed by atoms with Crippen molar-refractivity contribution < 1.29 is 19.1 Å². The second-order valence-corrected chi connectivity index (χ2v) is 5.50. The summed E-state index contributed by atoms with van der Waals surface area (Å²) in [6.45, 7) is 5.11.